The maximum absolute atomic E-state index is 12.9. The second-order valence-electron chi connectivity index (χ2n) is 3.71. The molecule has 1 unspecified atom stereocenters. The molecule has 0 N–H and O–H groups in total. The summed E-state index contributed by atoms with van der Waals surface area (Å²) in [6.45, 7) is -5.47. The maximum Gasteiger partial charge on any atom is 1.00 e. The van der Waals surface area contributed by atoms with Crippen LogP contribution >= 0.6 is 0 Å². The summed E-state index contributed by atoms with van der Waals surface area (Å²) in [6.07, 6.45) is 0. The normalized spacial score (nSPS) is 27.1. The van der Waals surface area contributed by atoms with Crippen LogP contribution in [0.3, 0.4) is 0 Å². The van der Waals surface area contributed by atoms with Crippen LogP contribution < -0.4 is 51.4 Å². The maximum atomic E-state index is 12.9. The van der Waals surface area contributed by atoms with E-state index in [9.17, 15) is 21.7 Å². The van der Waals surface area contributed by atoms with Gasteiger partial charge in [0.2, 0.25) is 5.92 Å². The summed E-state index contributed by atoms with van der Waals surface area (Å²) >= 11 is 0. The van der Waals surface area contributed by atoms with E-state index in [4.69, 9.17) is 0 Å². The molecule has 1 saturated carbocycles. The molecule has 2 atom stereocenters. The molecule has 2 rings (SSSR count). The van der Waals surface area contributed by atoms with Crippen LogP contribution in [-0.2, 0) is 0 Å². The van der Waals surface area contributed by atoms with Gasteiger partial charge in [0.15, 0.2) is 0 Å². The minimum Gasteiger partial charge on any atom is -0.449 e. The van der Waals surface area contributed by atoms with Gasteiger partial charge in [-0.1, -0.05) is 30.3 Å². The molecule has 82 valence electrons. The zero-order valence-electron chi connectivity index (χ0n) is 8.51. The monoisotopic (exact) mass is 260 g/mol. The molecule has 0 bridgehead atoms. The zero-order valence-corrected chi connectivity index (χ0v) is 11.6. The van der Waals surface area contributed by atoms with Crippen LogP contribution in [0.4, 0.5) is 21.7 Å². The minimum atomic E-state index is -5.47. The molecule has 0 amide bonds. The summed E-state index contributed by atoms with van der Waals surface area (Å²) in [7, 11) is 0. The molecule has 7 heteroatoms. The second-order valence-corrected chi connectivity index (χ2v) is 3.71. The van der Waals surface area contributed by atoms with Crippen molar-refractivity contribution in [3.63, 3.8) is 0 Å². The van der Waals surface area contributed by atoms with Crippen molar-refractivity contribution in [2.75, 3.05) is 0 Å². The Bertz CT molecular complexity index is 364. The predicted molar refractivity (Wildman–Crippen MR) is 47.0 cm³/mol. The quantitative estimate of drug-likeness (QED) is 0.540. The van der Waals surface area contributed by atoms with E-state index >= 15 is 0 Å². The molecule has 0 aromatic heterocycles. The van der Waals surface area contributed by atoms with Crippen LogP contribution in [0.25, 0.3) is 0 Å². The van der Waals surface area contributed by atoms with Crippen molar-refractivity contribution in [1.82, 2.24) is 0 Å². The Morgan fingerprint density at radius 1 is 1.00 bits per heavy atom. The van der Waals surface area contributed by atoms with Crippen LogP contribution in [0.2, 0.25) is 5.82 Å². The fourth-order valence-corrected chi connectivity index (χ4v) is 1.91. The van der Waals surface area contributed by atoms with E-state index in [2.05, 4.69) is 0 Å². The van der Waals surface area contributed by atoms with Crippen molar-refractivity contribution < 1.29 is 73.1 Å². The number of benzene rings is 1. The number of halogens is 5. The van der Waals surface area contributed by atoms with Crippen molar-refractivity contribution in [2.24, 2.45) is 0 Å². The van der Waals surface area contributed by atoms with Crippen LogP contribution in [0.5, 0.6) is 0 Å². The van der Waals surface area contributed by atoms with Gasteiger partial charge in [-0.05, 0) is 5.56 Å². The van der Waals surface area contributed by atoms with Crippen LogP contribution in [0.15, 0.2) is 30.3 Å². The Kier molecular flexibility index (Phi) is 4.28. The molecule has 0 nitrogen and oxygen atoms in total. The molecule has 0 aliphatic heterocycles. The Morgan fingerprint density at radius 3 is 1.88 bits per heavy atom. The molecule has 16 heavy (non-hydrogen) atoms. The third kappa shape index (κ3) is 2.53. The molecular weight excluding hydrogens is 253 g/mol. The molecule has 0 spiro atoms. The Hall–Kier alpha value is 0.571. The van der Waals surface area contributed by atoms with Gasteiger partial charge in [-0.15, -0.1) is 0 Å². The summed E-state index contributed by atoms with van der Waals surface area (Å²) < 4.78 is 62.6. The Balaban J connectivity index is 0.00000128. The van der Waals surface area contributed by atoms with Gasteiger partial charge in [-0.2, -0.15) is 0 Å². The van der Waals surface area contributed by atoms with Crippen LogP contribution in [0, 0.1) is 0 Å². The molecule has 1 fully saturated rings. The summed E-state index contributed by atoms with van der Waals surface area (Å²) in [6, 6.07) is 7.12. The summed E-state index contributed by atoms with van der Waals surface area (Å²) in [5.41, 5.74) is 0.0618. The van der Waals surface area contributed by atoms with Gasteiger partial charge in [-0.3, -0.25) is 0 Å². The van der Waals surface area contributed by atoms with Gasteiger partial charge >= 0.3 is 58.4 Å². The number of hydrogen-bond donors (Lipinski definition) is 0. The van der Waals surface area contributed by atoms with Crippen LogP contribution in [-0.4, -0.2) is 12.9 Å². The molecule has 0 saturated heterocycles. The van der Waals surface area contributed by atoms with E-state index in [1.165, 1.54) is 24.3 Å². The summed E-state index contributed by atoms with van der Waals surface area (Å²) in [5.74, 6) is -7.77. The SMILES string of the molecule is F[B-](F)(F)C1[C@@H](c2ccccc2)C1(F)F.[K+]. The molecule has 0 radical (unpaired) electrons. The van der Waals surface area contributed by atoms with Crippen molar-refractivity contribution >= 4 is 6.98 Å². The van der Waals surface area contributed by atoms with E-state index < -0.39 is 24.6 Å². The predicted octanol–water partition coefficient (Wildman–Crippen LogP) is 0.641. The standard InChI is InChI=1S/C9H7BF5.K/c11-9(12)7(8(9)10(13,14)15)6-4-2-1-3-5-6;/h1-5,7-8H;/q-1;+1/t7-,8?;/m1./s1. The van der Waals surface area contributed by atoms with Gasteiger partial charge in [-0.25, -0.2) is 8.78 Å². The molecule has 1 aliphatic rings. The third-order valence-electron chi connectivity index (χ3n) is 2.67. The van der Waals surface area contributed by atoms with E-state index in [-0.39, 0.29) is 56.9 Å². The topological polar surface area (TPSA) is 0 Å². The number of hydrogen-bond acceptors (Lipinski definition) is 0. The first-order valence-electron chi connectivity index (χ1n) is 4.48. The molecule has 1 aliphatic carbocycles. The smallest absolute Gasteiger partial charge is 0.449 e. The third-order valence-corrected chi connectivity index (χ3v) is 2.67. The zero-order chi connectivity index (χ0) is 11.3. The second kappa shape index (κ2) is 4.68. The molecule has 1 aromatic rings. The van der Waals surface area contributed by atoms with Crippen molar-refractivity contribution in [2.45, 2.75) is 17.7 Å². The fraction of sp³-hybridized carbons (Fsp3) is 0.333. The Morgan fingerprint density at radius 2 is 1.50 bits per heavy atom. The van der Waals surface area contributed by atoms with E-state index in [1.807, 2.05) is 0 Å². The number of rotatable bonds is 2. The van der Waals surface area contributed by atoms with Crippen molar-refractivity contribution in [1.29, 1.82) is 0 Å². The minimum absolute atomic E-state index is 0. The summed E-state index contributed by atoms with van der Waals surface area (Å²) in [5, 5.41) is 0. The van der Waals surface area contributed by atoms with Gasteiger partial charge in [0.05, 0.1) is 0 Å². The van der Waals surface area contributed by atoms with Gasteiger partial charge in [0.25, 0.3) is 0 Å². The molecule has 1 aromatic carbocycles. The average molecular weight is 260 g/mol. The van der Waals surface area contributed by atoms with E-state index in [1.54, 1.807) is 6.07 Å². The largest absolute Gasteiger partial charge is 1.00 e. The van der Waals surface area contributed by atoms with E-state index in [0.717, 1.165) is 0 Å². The Labute approximate surface area is 132 Å². The fourth-order valence-electron chi connectivity index (χ4n) is 1.91. The van der Waals surface area contributed by atoms with Crippen LogP contribution in [0.1, 0.15) is 11.5 Å². The first-order valence-corrected chi connectivity index (χ1v) is 4.48. The van der Waals surface area contributed by atoms with Crippen molar-refractivity contribution in [3.05, 3.63) is 35.9 Å². The van der Waals surface area contributed by atoms with Crippen molar-refractivity contribution in [3.8, 4) is 0 Å². The molecular formula is C9H7BF5K. The van der Waals surface area contributed by atoms with E-state index in [0.29, 0.717) is 0 Å². The molecule has 0 heterocycles. The van der Waals surface area contributed by atoms with Gasteiger partial charge in [0, 0.05) is 11.7 Å². The first kappa shape index (κ1) is 14.6. The number of alkyl halides is 2. The average Bonchev–Trinajstić information content (AvgIpc) is 2.70. The summed E-state index contributed by atoms with van der Waals surface area (Å²) in [4.78, 5) is 0. The van der Waals surface area contributed by atoms with Gasteiger partial charge < -0.3 is 12.9 Å². The van der Waals surface area contributed by atoms with Gasteiger partial charge in [0.1, 0.15) is 0 Å². The first-order chi connectivity index (χ1) is 6.85.